The van der Waals surface area contributed by atoms with Gasteiger partial charge >= 0.3 is 0 Å². The van der Waals surface area contributed by atoms with Crippen LogP contribution in [-0.2, 0) is 14.8 Å². The zero-order valence-corrected chi connectivity index (χ0v) is 17.1. The molecular weight excluding hydrogens is 426 g/mol. The van der Waals surface area contributed by atoms with E-state index in [9.17, 15) is 18.0 Å². The number of sulfonamides is 1. The molecule has 0 radical (unpaired) electrons. The van der Waals surface area contributed by atoms with Crippen molar-refractivity contribution in [2.24, 2.45) is 5.10 Å². The van der Waals surface area contributed by atoms with Crippen molar-refractivity contribution in [3.63, 3.8) is 0 Å². The molecule has 0 aliphatic carbocycles. The number of hydrogen-bond donors (Lipinski definition) is 0. The van der Waals surface area contributed by atoms with Crippen LogP contribution in [0.2, 0.25) is 0 Å². The number of fused-ring (bicyclic) bond motifs is 1. The Hall–Kier alpha value is -3.24. The molecule has 30 heavy (non-hydrogen) atoms. The molecule has 0 saturated heterocycles. The molecule has 8 nitrogen and oxygen atoms in total. The third kappa shape index (κ3) is 2.87. The van der Waals surface area contributed by atoms with E-state index in [-0.39, 0.29) is 16.5 Å². The van der Waals surface area contributed by atoms with Crippen LogP contribution < -0.4 is 0 Å². The summed E-state index contributed by atoms with van der Waals surface area (Å²) in [6, 6.07) is 12.8. The molecule has 4 heterocycles. The molecule has 2 aliphatic heterocycles. The maximum atomic E-state index is 13.1. The average Bonchev–Trinajstić information content (AvgIpc) is 3.52. The van der Waals surface area contributed by atoms with Crippen LogP contribution in [0.25, 0.3) is 0 Å². The summed E-state index contributed by atoms with van der Waals surface area (Å²) in [5.74, 6) is -0.745. The molecule has 5 rings (SSSR count). The number of carbonyl (C=O) groups is 2. The molecule has 0 spiro atoms. The SMILES string of the molecule is O=C(CN1C(=O)c2ccccc2S1(=O)=O)N1N=C(c2ccco2)C[C@@H]1c1cccs1. The van der Waals surface area contributed by atoms with Gasteiger partial charge in [0.25, 0.3) is 21.8 Å². The second-order valence-electron chi connectivity index (χ2n) is 6.81. The Bertz CT molecular complexity index is 1260. The van der Waals surface area contributed by atoms with E-state index in [2.05, 4.69) is 5.10 Å². The number of benzene rings is 1. The van der Waals surface area contributed by atoms with Gasteiger partial charge in [-0.15, -0.1) is 11.3 Å². The summed E-state index contributed by atoms with van der Waals surface area (Å²) < 4.78 is 31.6. The van der Waals surface area contributed by atoms with Crippen molar-refractivity contribution in [1.29, 1.82) is 0 Å². The predicted molar refractivity (Wildman–Crippen MR) is 108 cm³/mol. The van der Waals surface area contributed by atoms with Crippen molar-refractivity contribution < 1.29 is 22.4 Å². The Labute approximate surface area is 176 Å². The van der Waals surface area contributed by atoms with E-state index in [1.807, 2.05) is 17.5 Å². The fourth-order valence-electron chi connectivity index (χ4n) is 3.62. The highest BCUT2D eigenvalue weighted by atomic mass is 32.2. The van der Waals surface area contributed by atoms with Crippen molar-refractivity contribution in [3.8, 4) is 0 Å². The van der Waals surface area contributed by atoms with Crippen molar-refractivity contribution in [3.05, 3.63) is 76.4 Å². The fourth-order valence-corrected chi connectivity index (χ4v) is 5.95. The zero-order chi connectivity index (χ0) is 20.9. The first-order valence-electron chi connectivity index (χ1n) is 9.10. The highest BCUT2D eigenvalue weighted by molar-refractivity contribution is 7.90. The van der Waals surface area contributed by atoms with E-state index >= 15 is 0 Å². The molecule has 0 bridgehead atoms. The predicted octanol–water partition coefficient (Wildman–Crippen LogP) is 2.86. The first kappa shape index (κ1) is 18.8. The van der Waals surface area contributed by atoms with Crippen LogP contribution in [0.4, 0.5) is 0 Å². The largest absolute Gasteiger partial charge is 0.463 e. The summed E-state index contributed by atoms with van der Waals surface area (Å²) in [4.78, 5) is 26.6. The number of hydrogen-bond acceptors (Lipinski definition) is 7. The van der Waals surface area contributed by atoms with Crippen molar-refractivity contribution in [2.75, 3.05) is 6.54 Å². The molecule has 0 saturated carbocycles. The van der Waals surface area contributed by atoms with Crippen molar-refractivity contribution in [2.45, 2.75) is 17.4 Å². The Morgan fingerprint density at radius 2 is 2.00 bits per heavy atom. The van der Waals surface area contributed by atoms with Crippen LogP contribution in [0, 0.1) is 0 Å². The Kier molecular flexibility index (Phi) is 4.33. The minimum absolute atomic E-state index is 0.0707. The highest BCUT2D eigenvalue weighted by Crippen LogP contribution is 2.36. The van der Waals surface area contributed by atoms with E-state index < -0.39 is 28.4 Å². The van der Waals surface area contributed by atoms with Gasteiger partial charge in [-0.1, -0.05) is 18.2 Å². The smallest absolute Gasteiger partial charge is 0.269 e. The topological polar surface area (TPSA) is 100 Å². The lowest BCUT2D eigenvalue weighted by Gasteiger charge is -2.23. The summed E-state index contributed by atoms with van der Waals surface area (Å²) in [5, 5.41) is 7.57. The first-order chi connectivity index (χ1) is 14.5. The molecule has 1 atom stereocenters. The quantitative estimate of drug-likeness (QED) is 0.620. The maximum Gasteiger partial charge on any atom is 0.269 e. The summed E-state index contributed by atoms with van der Waals surface area (Å²) in [5.41, 5.74) is 0.659. The van der Waals surface area contributed by atoms with Gasteiger partial charge in [-0.3, -0.25) is 9.59 Å². The van der Waals surface area contributed by atoms with E-state index in [1.54, 1.807) is 24.3 Å². The molecule has 1 aromatic carbocycles. The van der Waals surface area contributed by atoms with Gasteiger partial charge in [0.2, 0.25) is 0 Å². The van der Waals surface area contributed by atoms with Gasteiger partial charge in [0.1, 0.15) is 22.9 Å². The van der Waals surface area contributed by atoms with Gasteiger partial charge in [-0.25, -0.2) is 17.7 Å². The summed E-state index contributed by atoms with van der Waals surface area (Å²) >= 11 is 1.48. The number of thiophene rings is 1. The van der Waals surface area contributed by atoms with Crippen LogP contribution in [0.5, 0.6) is 0 Å². The average molecular weight is 441 g/mol. The van der Waals surface area contributed by atoms with Gasteiger partial charge in [-0.2, -0.15) is 5.10 Å². The second-order valence-corrected chi connectivity index (χ2v) is 9.62. The number of hydrazone groups is 1. The van der Waals surface area contributed by atoms with Crippen LogP contribution in [0.1, 0.15) is 33.5 Å². The minimum Gasteiger partial charge on any atom is -0.463 e. The van der Waals surface area contributed by atoms with E-state index in [0.29, 0.717) is 22.2 Å². The third-order valence-corrected chi connectivity index (χ3v) is 7.79. The standard InChI is InChI=1S/C20H15N3O5S2/c24-19(12-22-20(25)13-5-1-2-8-18(13)30(22,26)27)23-15(17-7-4-10-29-17)11-14(21-23)16-6-3-9-28-16/h1-10,15H,11-12H2/t15-/m1/s1. The fraction of sp³-hybridized carbons (Fsp3) is 0.150. The molecule has 2 amide bonds. The molecule has 2 aromatic heterocycles. The Morgan fingerprint density at radius 1 is 1.17 bits per heavy atom. The molecule has 152 valence electrons. The van der Waals surface area contributed by atoms with Crippen molar-refractivity contribution in [1.82, 2.24) is 9.31 Å². The van der Waals surface area contributed by atoms with Gasteiger partial charge in [0, 0.05) is 11.3 Å². The first-order valence-corrected chi connectivity index (χ1v) is 11.4. The van der Waals surface area contributed by atoms with Gasteiger partial charge in [-0.05, 0) is 35.7 Å². The van der Waals surface area contributed by atoms with E-state index in [4.69, 9.17) is 4.42 Å². The molecule has 0 N–H and O–H groups in total. The van der Waals surface area contributed by atoms with Crippen LogP contribution in [0.3, 0.4) is 0 Å². The number of amides is 2. The summed E-state index contributed by atoms with van der Waals surface area (Å²) in [6.45, 7) is -0.618. The molecule has 10 heteroatoms. The van der Waals surface area contributed by atoms with E-state index in [1.165, 1.54) is 34.7 Å². The lowest BCUT2D eigenvalue weighted by Crippen LogP contribution is -2.40. The lowest BCUT2D eigenvalue weighted by atomic mass is 10.1. The van der Waals surface area contributed by atoms with E-state index in [0.717, 1.165) is 4.88 Å². The maximum absolute atomic E-state index is 13.1. The van der Waals surface area contributed by atoms with Crippen LogP contribution in [-0.4, -0.2) is 41.8 Å². The monoisotopic (exact) mass is 441 g/mol. The molecular formula is C20H15N3O5S2. The van der Waals surface area contributed by atoms with Crippen molar-refractivity contribution >= 4 is 38.9 Å². The number of nitrogens with zero attached hydrogens (tertiary/aromatic N) is 3. The Morgan fingerprint density at radius 3 is 2.70 bits per heavy atom. The zero-order valence-electron chi connectivity index (χ0n) is 15.5. The van der Waals surface area contributed by atoms with Gasteiger partial charge < -0.3 is 4.42 Å². The molecule has 3 aromatic rings. The van der Waals surface area contributed by atoms with Gasteiger partial charge in [0.05, 0.1) is 17.9 Å². The lowest BCUT2D eigenvalue weighted by molar-refractivity contribution is -0.132. The third-order valence-electron chi connectivity index (χ3n) is 5.03. The molecule has 2 aliphatic rings. The molecule has 0 unspecified atom stereocenters. The minimum atomic E-state index is -4.08. The summed E-state index contributed by atoms with van der Waals surface area (Å²) in [6.07, 6.45) is 1.95. The highest BCUT2D eigenvalue weighted by Gasteiger charge is 2.44. The number of carbonyl (C=O) groups excluding carboxylic acids is 2. The number of rotatable bonds is 4. The van der Waals surface area contributed by atoms with Gasteiger partial charge in [0.15, 0.2) is 0 Å². The molecule has 0 fully saturated rings. The second kappa shape index (κ2) is 6.92. The van der Waals surface area contributed by atoms with Crippen LogP contribution >= 0.6 is 11.3 Å². The van der Waals surface area contributed by atoms with Crippen LogP contribution in [0.15, 0.2) is 74.6 Å². The Balaban J connectivity index is 1.46. The number of furan rings is 1. The normalized spacial score (nSPS) is 19.8. The summed E-state index contributed by atoms with van der Waals surface area (Å²) in [7, 11) is -4.08.